The molecule has 0 bridgehead atoms. The van der Waals surface area contributed by atoms with Crippen LogP contribution in [0.4, 0.5) is 5.69 Å². The van der Waals surface area contributed by atoms with Gasteiger partial charge in [0.25, 0.3) is 0 Å². The monoisotopic (exact) mass is 601 g/mol. The molecule has 3 atom stereocenters. The van der Waals surface area contributed by atoms with E-state index in [0.717, 1.165) is 0 Å². The van der Waals surface area contributed by atoms with Crippen molar-refractivity contribution in [2.24, 2.45) is 11.8 Å². The molecule has 2 aromatic rings. The molecular weight excluding hydrogens is 587 g/mol. The lowest BCUT2D eigenvalue weighted by Gasteiger charge is -2.11. The zero-order valence-corrected chi connectivity index (χ0v) is 22.6. The summed E-state index contributed by atoms with van der Waals surface area (Å²) in [6.07, 6.45) is 0.503. The van der Waals surface area contributed by atoms with Crippen LogP contribution in [0.25, 0.3) is 0 Å². The Labute approximate surface area is 226 Å². The minimum atomic E-state index is -3.10. The zero-order chi connectivity index (χ0) is 25.0. The predicted molar refractivity (Wildman–Crippen MR) is 138 cm³/mol. The van der Waals surface area contributed by atoms with E-state index in [2.05, 4.69) is 5.32 Å². The van der Waals surface area contributed by atoms with Gasteiger partial charge in [-0.25, -0.2) is 8.42 Å². The Morgan fingerprint density at radius 2 is 1.65 bits per heavy atom. The number of anilines is 1. The maximum atomic E-state index is 13.0. The third-order valence-electron chi connectivity index (χ3n) is 6.04. The van der Waals surface area contributed by atoms with Crippen molar-refractivity contribution in [3.63, 3.8) is 0 Å². The summed E-state index contributed by atoms with van der Waals surface area (Å²) in [4.78, 5) is 25.7. The van der Waals surface area contributed by atoms with Crippen molar-refractivity contribution in [3.05, 3.63) is 61.5 Å². The van der Waals surface area contributed by atoms with Crippen LogP contribution in [0, 0.1) is 11.8 Å². The summed E-state index contributed by atoms with van der Waals surface area (Å²) in [5, 5.41) is 3.56. The van der Waals surface area contributed by atoms with E-state index in [9.17, 15) is 18.0 Å². The summed E-state index contributed by atoms with van der Waals surface area (Å²) in [6.45, 7) is 0. The van der Waals surface area contributed by atoms with Gasteiger partial charge >= 0.3 is 0 Å². The molecule has 1 saturated heterocycles. The lowest BCUT2D eigenvalue weighted by molar-refractivity contribution is -0.117. The lowest BCUT2D eigenvalue weighted by atomic mass is 9.97. The maximum absolute atomic E-state index is 13.0. The number of carbonyl (C=O) groups excluding carboxylic acids is 2. The molecule has 2 fully saturated rings. The molecule has 0 aromatic heterocycles. The van der Waals surface area contributed by atoms with E-state index in [1.165, 1.54) is 12.1 Å². The highest BCUT2D eigenvalue weighted by Gasteiger charge is 2.67. The number of rotatable bonds is 6. The fraction of sp³-hybridized carbons (Fsp3) is 0.364. The van der Waals surface area contributed by atoms with Gasteiger partial charge in [-0.15, -0.1) is 23.2 Å². The van der Waals surface area contributed by atoms with Gasteiger partial charge in [-0.1, -0.05) is 46.4 Å². The summed E-state index contributed by atoms with van der Waals surface area (Å²) >= 11 is 37.2. The van der Waals surface area contributed by atoms with Crippen molar-refractivity contribution in [2.45, 2.75) is 23.1 Å². The SMILES string of the molecule is O=C(CC1CCS(=O)(=O)C1)c1cc(NC(=O)C2C(c3cc(Cl)c(Cl)c(Cl)c3)C2(Cl)Cl)ccc1Cl. The van der Waals surface area contributed by atoms with E-state index in [-0.39, 0.29) is 55.3 Å². The van der Waals surface area contributed by atoms with E-state index in [4.69, 9.17) is 69.6 Å². The van der Waals surface area contributed by atoms with E-state index in [1.807, 2.05) is 0 Å². The number of benzene rings is 2. The number of amides is 1. The lowest BCUT2D eigenvalue weighted by Crippen LogP contribution is -2.17. The second-order valence-corrected chi connectivity index (χ2v) is 13.8. The highest BCUT2D eigenvalue weighted by atomic mass is 35.5. The number of carbonyl (C=O) groups is 2. The fourth-order valence-corrected chi connectivity index (χ4v) is 7.79. The van der Waals surface area contributed by atoms with Crippen LogP contribution in [-0.2, 0) is 14.6 Å². The molecule has 1 saturated carbocycles. The largest absolute Gasteiger partial charge is 0.326 e. The third-order valence-corrected chi connectivity index (χ3v) is 10.3. The first-order valence-corrected chi connectivity index (χ1v) is 14.3. The molecule has 3 unspecified atom stereocenters. The molecule has 0 spiro atoms. The topological polar surface area (TPSA) is 80.3 Å². The van der Waals surface area contributed by atoms with Crippen molar-refractivity contribution in [1.82, 2.24) is 0 Å². The summed E-state index contributed by atoms with van der Waals surface area (Å²) in [5.41, 5.74) is 1.11. The zero-order valence-electron chi connectivity index (χ0n) is 17.3. The van der Waals surface area contributed by atoms with Gasteiger partial charge in [0.2, 0.25) is 5.91 Å². The van der Waals surface area contributed by atoms with Crippen LogP contribution in [0.5, 0.6) is 0 Å². The van der Waals surface area contributed by atoms with Gasteiger partial charge in [0.15, 0.2) is 15.6 Å². The third kappa shape index (κ3) is 5.34. The number of Topliss-reactive ketones (excluding diaryl/α,β-unsaturated/α-hetero) is 1. The summed E-state index contributed by atoms with van der Waals surface area (Å²) < 4.78 is 22.0. The molecule has 1 heterocycles. The Morgan fingerprint density at radius 3 is 2.24 bits per heavy atom. The first-order valence-electron chi connectivity index (χ1n) is 10.2. The van der Waals surface area contributed by atoms with Gasteiger partial charge in [0.05, 0.1) is 37.5 Å². The molecule has 2 aromatic carbocycles. The van der Waals surface area contributed by atoms with Gasteiger partial charge < -0.3 is 5.32 Å². The van der Waals surface area contributed by atoms with Crippen LogP contribution in [0.15, 0.2) is 30.3 Å². The van der Waals surface area contributed by atoms with Crippen LogP contribution < -0.4 is 5.32 Å². The van der Waals surface area contributed by atoms with Crippen LogP contribution in [0.2, 0.25) is 20.1 Å². The molecule has 0 radical (unpaired) electrons. The molecule has 12 heteroatoms. The average molecular weight is 604 g/mol. The molecule has 1 amide bonds. The summed E-state index contributed by atoms with van der Waals surface area (Å²) in [5.74, 6) is -2.29. The number of alkyl halides is 2. The number of hydrogen-bond acceptors (Lipinski definition) is 4. The van der Waals surface area contributed by atoms with Gasteiger partial charge in [0.1, 0.15) is 4.33 Å². The molecule has 1 aliphatic heterocycles. The van der Waals surface area contributed by atoms with Gasteiger partial charge in [-0.3, -0.25) is 9.59 Å². The normalized spacial score (nSPS) is 24.6. The van der Waals surface area contributed by atoms with Crippen LogP contribution in [-0.4, -0.2) is 35.9 Å². The molecule has 4 rings (SSSR count). The van der Waals surface area contributed by atoms with E-state index in [0.29, 0.717) is 17.7 Å². The molecule has 2 aliphatic rings. The second-order valence-electron chi connectivity index (χ2n) is 8.51. The van der Waals surface area contributed by atoms with Crippen LogP contribution in [0.1, 0.15) is 34.7 Å². The second kappa shape index (κ2) is 9.62. The Kier molecular flexibility index (Phi) is 7.45. The fourth-order valence-electron chi connectivity index (χ4n) is 4.26. The molecule has 34 heavy (non-hydrogen) atoms. The van der Waals surface area contributed by atoms with Crippen LogP contribution >= 0.6 is 69.6 Å². The quantitative estimate of drug-likeness (QED) is 0.223. The molecule has 5 nitrogen and oxygen atoms in total. The number of halogens is 6. The summed E-state index contributed by atoms with van der Waals surface area (Å²) in [6, 6.07) is 7.64. The Hall–Kier alpha value is -0.730. The van der Waals surface area contributed by atoms with E-state index < -0.39 is 31.9 Å². The number of ketones is 1. The Morgan fingerprint density at radius 1 is 1.00 bits per heavy atom. The van der Waals surface area contributed by atoms with E-state index in [1.54, 1.807) is 18.2 Å². The Balaban J connectivity index is 1.49. The van der Waals surface area contributed by atoms with Gasteiger partial charge in [-0.2, -0.15) is 0 Å². The first-order chi connectivity index (χ1) is 15.8. The molecule has 1 aliphatic carbocycles. The Bertz CT molecular complexity index is 1270. The molecule has 1 N–H and O–H groups in total. The van der Waals surface area contributed by atoms with E-state index >= 15 is 0 Å². The minimum absolute atomic E-state index is 0.0118. The number of sulfone groups is 1. The summed E-state index contributed by atoms with van der Waals surface area (Å²) in [7, 11) is -3.10. The number of hydrogen-bond donors (Lipinski definition) is 1. The van der Waals surface area contributed by atoms with Crippen molar-refractivity contribution < 1.29 is 18.0 Å². The van der Waals surface area contributed by atoms with Crippen molar-refractivity contribution in [2.75, 3.05) is 16.8 Å². The van der Waals surface area contributed by atoms with Crippen molar-refractivity contribution in [1.29, 1.82) is 0 Å². The highest BCUT2D eigenvalue weighted by molar-refractivity contribution is 7.91. The smallest absolute Gasteiger partial charge is 0.231 e. The first kappa shape index (κ1) is 26.3. The molecular formula is C22H17Cl6NO4S. The van der Waals surface area contributed by atoms with Crippen LogP contribution in [0.3, 0.4) is 0 Å². The molecule has 182 valence electrons. The maximum Gasteiger partial charge on any atom is 0.231 e. The average Bonchev–Trinajstić information content (AvgIpc) is 3.16. The highest BCUT2D eigenvalue weighted by Crippen LogP contribution is 2.65. The minimum Gasteiger partial charge on any atom is -0.326 e. The van der Waals surface area contributed by atoms with Crippen molar-refractivity contribution in [3.8, 4) is 0 Å². The van der Waals surface area contributed by atoms with Crippen molar-refractivity contribution >= 4 is 96.8 Å². The predicted octanol–water partition coefficient (Wildman–Crippen LogP) is 6.83. The number of nitrogens with one attached hydrogen (secondary N) is 1. The van der Waals surface area contributed by atoms with Gasteiger partial charge in [0, 0.05) is 23.6 Å². The standard InChI is InChI=1S/C22H17Cl6NO4S/c23-14-2-1-12(8-13(14)17(30)5-10-3-4-34(32,33)9-10)29-21(31)19-18(22(19,27)28)11-6-15(24)20(26)16(25)7-11/h1-2,6-8,10,18-19H,3-5,9H2,(H,29,31). The van der Waals surface area contributed by atoms with Gasteiger partial charge in [-0.05, 0) is 48.2 Å².